The van der Waals surface area contributed by atoms with Crippen LogP contribution in [0.4, 0.5) is 10.1 Å². The molecule has 0 heterocycles. The van der Waals surface area contributed by atoms with Crippen LogP contribution >= 0.6 is 0 Å². The van der Waals surface area contributed by atoms with Gasteiger partial charge in [-0.3, -0.25) is 4.21 Å². The van der Waals surface area contributed by atoms with Crippen LogP contribution < -0.4 is 5.73 Å². The zero-order chi connectivity index (χ0) is 14.1. The number of hydrogen-bond acceptors (Lipinski definition) is 2. The van der Waals surface area contributed by atoms with E-state index in [1.165, 1.54) is 17.2 Å². The van der Waals surface area contributed by atoms with Crippen LogP contribution in [0.25, 0.3) is 0 Å². The lowest BCUT2D eigenvalue weighted by atomic mass is 10.1. The standard InChI is InChI=1S/C16H16FNOS/c17-15-5-2-6-16(18)14(15)10-20(19)13-8-7-11-3-1-4-12(11)9-13/h2,5-9H,1,3-4,10,18H2. The van der Waals surface area contributed by atoms with Gasteiger partial charge in [0.2, 0.25) is 0 Å². The van der Waals surface area contributed by atoms with Gasteiger partial charge in [0.15, 0.2) is 0 Å². The zero-order valence-corrected chi connectivity index (χ0v) is 11.9. The molecule has 0 bridgehead atoms. The fourth-order valence-corrected chi connectivity index (χ4v) is 3.86. The summed E-state index contributed by atoms with van der Waals surface area (Å²) in [5, 5.41) is 0. The molecule has 1 aliphatic carbocycles. The van der Waals surface area contributed by atoms with Crippen molar-refractivity contribution in [1.29, 1.82) is 0 Å². The van der Waals surface area contributed by atoms with Gasteiger partial charge in [0, 0.05) is 16.1 Å². The van der Waals surface area contributed by atoms with Crippen LogP contribution in [-0.2, 0) is 29.4 Å². The number of halogens is 1. The first-order chi connectivity index (χ1) is 9.65. The summed E-state index contributed by atoms with van der Waals surface area (Å²) in [4.78, 5) is 0.758. The highest BCUT2D eigenvalue weighted by Gasteiger charge is 2.15. The number of nitrogens with two attached hydrogens (primary N) is 1. The van der Waals surface area contributed by atoms with Crippen LogP contribution in [0.2, 0.25) is 0 Å². The number of hydrogen-bond donors (Lipinski definition) is 1. The smallest absolute Gasteiger partial charge is 0.129 e. The van der Waals surface area contributed by atoms with E-state index in [0.717, 1.165) is 24.2 Å². The largest absolute Gasteiger partial charge is 0.398 e. The maximum absolute atomic E-state index is 13.7. The molecule has 20 heavy (non-hydrogen) atoms. The lowest BCUT2D eigenvalue weighted by molar-refractivity contribution is 0.616. The fraction of sp³-hybridized carbons (Fsp3) is 0.250. The first-order valence-corrected chi connectivity index (χ1v) is 8.00. The highest BCUT2D eigenvalue weighted by atomic mass is 32.2. The molecule has 2 aromatic rings. The predicted molar refractivity (Wildman–Crippen MR) is 79.4 cm³/mol. The molecule has 4 heteroatoms. The SMILES string of the molecule is Nc1cccc(F)c1CS(=O)c1ccc2c(c1)CCC2. The van der Waals surface area contributed by atoms with E-state index in [-0.39, 0.29) is 11.6 Å². The minimum Gasteiger partial charge on any atom is -0.398 e. The molecule has 1 atom stereocenters. The second-order valence-corrected chi connectivity index (χ2v) is 6.53. The van der Waals surface area contributed by atoms with Crippen molar-refractivity contribution < 1.29 is 8.60 Å². The van der Waals surface area contributed by atoms with Gasteiger partial charge in [-0.25, -0.2) is 4.39 Å². The van der Waals surface area contributed by atoms with E-state index in [1.54, 1.807) is 12.1 Å². The molecule has 0 saturated carbocycles. The molecule has 0 fully saturated rings. The van der Waals surface area contributed by atoms with Gasteiger partial charge in [0.05, 0.1) is 16.6 Å². The van der Waals surface area contributed by atoms with Gasteiger partial charge in [-0.05, 0) is 54.7 Å². The number of benzene rings is 2. The van der Waals surface area contributed by atoms with Crippen molar-refractivity contribution in [2.24, 2.45) is 0 Å². The first-order valence-electron chi connectivity index (χ1n) is 6.68. The highest BCUT2D eigenvalue weighted by Crippen LogP contribution is 2.26. The molecule has 0 amide bonds. The molecule has 3 rings (SSSR count). The fourth-order valence-electron chi connectivity index (χ4n) is 2.63. The molecular weight excluding hydrogens is 273 g/mol. The lowest BCUT2D eigenvalue weighted by Gasteiger charge is -2.08. The van der Waals surface area contributed by atoms with Crippen LogP contribution in [-0.4, -0.2) is 4.21 Å². The van der Waals surface area contributed by atoms with E-state index in [1.807, 2.05) is 18.2 Å². The summed E-state index contributed by atoms with van der Waals surface area (Å²) < 4.78 is 26.1. The number of rotatable bonds is 3. The van der Waals surface area contributed by atoms with E-state index in [9.17, 15) is 8.60 Å². The Labute approximate surface area is 120 Å². The van der Waals surface area contributed by atoms with E-state index in [4.69, 9.17) is 5.73 Å². The monoisotopic (exact) mass is 289 g/mol. The van der Waals surface area contributed by atoms with Crippen molar-refractivity contribution in [2.45, 2.75) is 29.9 Å². The van der Waals surface area contributed by atoms with Crippen molar-refractivity contribution in [3.63, 3.8) is 0 Å². The molecule has 2 N–H and O–H groups in total. The Kier molecular flexibility index (Phi) is 3.57. The normalized spacial score (nSPS) is 15.1. The third-order valence-electron chi connectivity index (χ3n) is 3.76. The molecule has 0 aliphatic heterocycles. The molecular formula is C16H16FNOS. The minimum absolute atomic E-state index is 0.122. The Hall–Kier alpha value is -1.68. The summed E-state index contributed by atoms with van der Waals surface area (Å²) in [6.45, 7) is 0. The third kappa shape index (κ3) is 2.48. The van der Waals surface area contributed by atoms with Gasteiger partial charge in [-0.15, -0.1) is 0 Å². The molecule has 2 aromatic carbocycles. The van der Waals surface area contributed by atoms with Crippen molar-refractivity contribution in [1.82, 2.24) is 0 Å². The maximum atomic E-state index is 13.7. The second-order valence-electron chi connectivity index (χ2n) is 5.08. The molecule has 0 radical (unpaired) electrons. The van der Waals surface area contributed by atoms with E-state index in [2.05, 4.69) is 0 Å². The summed E-state index contributed by atoms with van der Waals surface area (Å²) in [7, 11) is -1.27. The third-order valence-corrected chi connectivity index (χ3v) is 5.09. The molecule has 2 nitrogen and oxygen atoms in total. The molecule has 1 unspecified atom stereocenters. The van der Waals surface area contributed by atoms with Crippen LogP contribution in [0.1, 0.15) is 23.1 Å². The Morgan fingerprint density at radius 1 is 1.15 bits per heavy atom. The number of fused-ring (bicyclic) bond motifs is 1. The number of anilines is 1. The summed E-state index contributed by atoms with van der Waals surface area (Å²) in [6, 6.07) is 10.5. The summed E-state index contributed by atoms with van der Waals surface area (Å²) in [5.41, 5.74) is 9.08. The van der Waals surface area contributed by atoms with Crippen LogP contribution in [0, 0.1) is 5.82 Å². The summed E-state index contributed by atoms with van der Waals surface area (Å²) in [5.74, 6) is -0.267. The van der Waals surface area contributed by atoms with Crippen molar-refractivity contribution in [3.05, 3.63) is 58.9 Å². The maximum Gasteiger partial charge on any atom is 0.129 e. The Morgan fingerprint density at radius 2 is 1.95 bits per heavy atom. The van der Waals surface area contributed by atoms with Gasteiger partial charge in [0.25, 0.3) is 0 Å². The van der Waals surface area contributed by atoms with Crippen molar-refractivity contribution >= 4 is 16.5 Å². The lowest BCUT2D eigenvalue weighted by Crippen LogP contribution is -2.03. The Balaban J connectivity index is 1.86. The van der Waals surface area contributed by atoms with Gasteiger partial charge in [-0.1, -0.05) is 12.1 Å². The number of aryl methyl sites for hydroxylation is 2. The first kappa shape index (κ1) is 13.3. The Bertz CT molecular complexity index is 664. The van der Waals surface area contributed by atoms with E-state index < -0.39 is 10.8 Å². The molecule has 1 aliphatic rings. The average Bonchev–Trinajstić information content (AvgIpc) is 2.90. The van der Waals surface area contributed by atoms with E-state index >= 15 is 0 Å². The van der Waals surface area contributed by atoms with Crippen molar-refractivity contribution in [3.8, 4) is 0 Å². The Morgan fingerprint density at radius 3 is 2.75 bits per heavy atom. The van der Waals surface area contributed by atoms with Gasteiger partial charge < -0.3 is 5.73 Å². The van der Waals surface area contributed by atoms with Crippen LogP contribution in [0.15, 0.2) is 41.3 Å². The number of nitrogen functional groups attached to an aromatic ring is 1. The zero-order valence-electron chi connectivity index (χ0n) is 11.1. The van der Waals surface area contributed by atoms with Gasteiger partial charge in [-0.2, -0.15) is 0 Å². The quantitative estimate of drug-likeness (QED) is 0.882. The van der Waals surface area contributed by atoms with Crippen LogP contribution in [0.3, 0.4) is 0 Å². The van der Waals surface area contributed by atoms with Crippen molar-refractivity contribution in [2.75, 3.05) is 5.73 Å². The summed E-state index contributed by atoms with van der Waals surface area (Å²) >= 11 is 0. The average molecular weight is 289 g/mol. The topological polar surface area (TPSA) is 43.1 Å². The summed E-state index contributed by atoms with van der Waals surface area (Å²) in [6.07, 6.45) is 3.30. The molecule has 0 spiro atoms. The molecule has 0 saturated heterocycles. The van der Waals surface area contributed by atoms with E-state index in [0.29, 0.717) is 11.3 Å². The molecule has 104 valence electrons. The minimum atomic E-state index is -1.27. The van der Waals surface area contributed by atoms with Crippen LogP contribution in [0.5, 0.6) is 0 Å². The van der Waals surface area contributed by atoms with Gasteiger partial charge in [0.1, 0.15) is 5.82 Å². The van der Waals surface area contributed by atoms with Gasteiger partial charge >= 0.3 is 0 Å². The predicted octanol–water partition coefficient (Wildman–Crippen LogP) is 3.20. The second kappa shape index (κ2) is 5.37. The molecule has 0 aromatic heterocycles. The highest BCUT2D eigenvalue weighted by molar-refractivity contribution is 7.84.